The van der Waals surface area contributed by atoms with Crippen molar-refractivity contribution < 1.29 is 4.39 Å². The minimum absolute atomic E-state index is 0.111. The van der Waals surface area contributed by atoms with Crippen molar-refractivity contribution in [2.75, 3.05) is 7.05 Å². The van der Waals surface area contributed by atoms with Crippen molar-refractivity contribution in [3.63, 3.8) is 0 Å². The van der Waals surface area contributed by atoms with Crippen molar-refractivity contribution in [1.29, 1.82) is 0 Å². The molecule has 1 aromatic carbocycles. The second-order valence-electron chi connectivity index (χ2n) is 5.96. The summed E-state index contributed by atoms with van der Waals surface area (Å²) in [7, 11) is 1.94. The van der Waals surface area contributed by atoms with Gasteiger partial charge in [-0.15, -0.1) is 0 Å². The smallest absolute Gasteiger partial charge is 0.129 e. The lowest BCUT2D eigenvalue weighted by molar-refractivity contribution is 0.173. The van der Waals surface area contributed by atoms with E-state index in [0.717, 1.165) is 21.9 Å². The Morgan fingerprint density at radius 1 is 1.26 bits per heavy atom. The van der Waals surface area contributed by atoms with Crippen LogP contribution in [0.25, 0.3) is 0 Å². The van der Waals surface area contributed by atoms with E-state index >= 15 is 0 Å². The van der Waals surface area contributed by atoms with E-state index in [1.165, 1.54) is 19.3 Å². The van der Waals surface area contributed by atoms with E-state index in [0.29, 0.717) is 5.92 Å². The van der Waals surface area contributed by atoms with Gasteiger partial charge < -0.3 is 5.32 Å². The van der Waals surface area contributed by atoms with Gasteiger partial charge in [0.1, 0.15) is 5.82 Å². The fourth-order valence-corrected chi connectivity index (χ4v) is 3.62. The Bertz CT molecular complexity index is 435. The number of hydrogen-bond donors (Lipinski definition) is 1. The summed E-state index contributed by atoms with van der Waals surface area (Å²) in [6, 6.07) is 5.53. The average molecular weight is 328 g/mol. The van der Waals surface area contributed by atoms with Crippen molar-refractivity contribution in [3.05, 3.63) is 34.1 Å². The molecule has 0 heterocycles. The Morgan fingerprint density at radius 2 is 2.00 bits per heavy atom. The van der Waals surface area contributed by atoms with Crippen LogP contribution in [-0.4, -0.2) is 7.05 Å². The summed E-state index contributed by atoms with van der Waals surface area (Å²) in [6.07, 6.45) is 3.62. The quantitative estimate of drug-likeness (QED) is 0.830. The fourth-order valence-electron chi connectivity index (χ4n) is 3.29. The van der Waals surface area contributed by atoms with E-state index in [1.807, 2.05) is 19.2 Å². The summed E-state index contributed by atoms with van der Waals surface area (Å²) in [6.45, 7) is 4.65. The summed E-state index contributed by atoms with van der Waals surface area (Å²) >= 11 is 3.32. The average Bonchev–Trinajstić information content (AvgIpc) is 2.37. The predicted octanol–water partition coefficient (Wildman–Crippen LogP) is 4.92. The second kappa shape index (κ2) is 6.36. The number of rotatable bonds is 3. The third-order valence-electron chi connectivity index (χ3n) is 4.72. The molecule has 1 nitrogen and oxygen atoms in total. The Balaban J connectivity index is 2.20. The van der Waals surface area contributed by atoms with E-state index in [9.17, 15) is 4.39 Å². The lowest BCUT2D eigenvalue weighted by atomic mass is 9.72. The first-order valence-electron chi connectivity index (χ1n) is 7.15. The van der Waals surface area contributed by atoms with Crippen LogP contribution in [0.2, 0.25) is 0 Å². The molecule has 1 saturated carbocycles. The Hall–Kier alpha value is -0.410. The molecule has 0 spiro atoms. The normalized spacial score (nSPS) is 29.2. The van der Waals surface area contributed by atoms with Crippen LogP contribution in [0.1, 0.15) is 44.7 Å². The maximum absolute atomic E-state index is 14.1. The van der Waals surface area contributed by atoms with Gasteiger partial charge in [0, 0.05) is 16.1 Å². The third kappa shape index (κ3) is 3.38. The zero-order valence-electron chi connectivity index (χ0n) is 11.9. The van der Waals surface area contributed by atoms with Crippen molar-refractivity contribution in [2.45, 2.75) is 39.2 Å². The molecular formula is C16H23BrFN. The first-order valence-corrected chi connectivity index (χ1v) is 7.94. The van der Waals surface area contributed by atoms with E-state index in [1.54, 1.807) is 6.07 Å². The maximum atomic E-state index is 14.1. The highest BCUT2D eigenvalue weighted by Gasteiger charge is 2.31. The first-order chi connectivity index (χ1) is 9.02. The molecule has 106 valence electrons. The molecule has 0 aliphatic heterocycles. The Morgan fingerprint density at radius 3 is 2.58 bits per heavy atom. The first kappa shape index (κ1) is 15.0. The molecule has 0 saturated heterocycles. The van der Waals surface area contributed by atoms with E-state index in [-0.39, 0.29) is 11.9 Å². The van der Waals surface area contributed by atoms with Gasteiger partial charge in [0.05, 0.1) is 0 Å². The lowest BCUT2D eigenvalue weighted by Crippen LogP contribution is -2.32. The third-order valence-corrected chi connectivity index (χ3v) is 5.21. The molecule has 1 aliphatic carbocycles. The van der Waals surface area contributed by atoms with Crippen LogP contribution < -0.4 is 5.32 Å². The standard InChI is InChI=1S/C16H23BrFN/c1-10-4-5-12(8-11(10)2)16(19-3)14-7-6-13(17)9-15(14)18/h6-7,9-12,16,19H,4-5,8H2,1-3H3. The van der Waals surface area contributed by atoms with Gasteiger partial charge in [-0.25, -0.2) is 4.39 Å². The summed E-state index contributed by atoms with van der Waals surface area (Å²) in [5, 5.41) is 3.33. The van der Waals surface area contributed by atoms with Gasteiger partial charge in [-0.3, -0.25) is 0 Å². The van der Waals surface area contributed by atoms with E-state index < -0.39 is 0 Å². The summed E-state index contributed by atoms with van der Waals surface area (Å²) in [5.41, 5.74) is 0.803. The van der Waals surface area contributed by atoms with Gasteiger partial charge in [0.2, 0.25) is 0 Å². The van der Waals surface area contributed by atoms with Crippen LogP contribution in [0.5, 0.6) is 0 Å². The number of halogens is 2. The van der Waals surface area contributed by atoms with Crippen LogP contribution >= 0.6 is 15.9 Å². The monoisotopic (exact) mass is 327 g/mol. The van der Waals surface area contributed by atoms with Crippen LogP contribution in [0.15, 0.2) is 22.7 Å². The maximum Gasteiger partial charge on any atom is 0.129 e. The highest BCUT2D eigenvalue weighted by atomic mass is 79.9. The Kier molecular flexibility index (Phi) is 5.02. The van der Waals surface area contributed by atoms with Crippen molar-refractivity contribution in [2.24, 2.45) is 17.8 Å². The minimum atomic E-state index is -0.111. The molecule has 0 aromatic heterocycles. The van der Waals surface area contributed by atoms with Gasteiger partial charge in [-0.05, 0) is 49.8 Å². The molecule has 1 aromatic rings. The highest BCUT2D eigenvalue weighted by molar-refractivity contribution is 9.10. The van der Waals surface area contributed by atoms with Gasteiger partial charge >= 0.3 is 0 Å². The zero-order valence-corrected chi connectivity index (χ0v) is 13.5. The number of nitrogens with one attached hydrogen (secondary N) is 1. The van der Waals surface area contributed by atoms with Gasteiger partial charge in [0.25, 0.3) is 0 Å². The lowest BCUT2D eigenvalue weighted by Gasteiger charge is -2.37. The van der Waals surface area contributed by atoms with Gasteiger partial charge in [-0.2, -0.15) is 0 Å². The van der Waals surface area contributed by atoms with Crippen LogP contribution in [-0.2, 0) is 0 Å². The largest absolute Gasteiger partial charge is 0.313 e. The molecule has 19 heavy (non-hydrogen) atoms. The molecule has 3 heteroatoms. The summed E-state index contributed by atoms with van der Waals surface area (Å²) < 4.78 is 14.9. The molecule has 1 N–H and O–H groups in total. The zero-order chi connectivity index (χ0) is 14.0. The summed E-state index contributed by atoms with van der Waals surface area (Å²) in [4.78, 5) is 0. The van der Waals surface area contributed by atoms with Crippen molar-refractivity contribution in [3.8, 4) is 0 Å². The molecular weight excluding hydrogens is 305 g/mol. The van der Waals surface area contributed by atoms with Gasteiger partial charge in [0.15, 0.2) is 0 Å². The van der Waals surface area contributed by atoms with E-state index in [2.05, 4.69) is 35.1 Å². The second-order valence-corrected chi connectivity index (χ2v) is 6.88. The fraction of sp³-hybridized carbons (Fsp3) is 0.625. The highest BCUT2D eigenvalue weighted by Crippen LogP contribution is 2.40. The molecule has 4 atom stereocenters. The number of hydrogen-bond acceptors (Lipinski definition) is 1. The minimum Gasteiger partial charge on any atom is -0.313 e. The van der Waals surface area contributed by atoms with Gasteiger partial charge in [-0.1, -0.05) is 42.3 Å². The van der Waals surface area contributed by atoms with E-state index in [4.69, 9.17) is 0 Å². The summed E-state index contributed by atoms with van der Waals surface area (Å²) in [5.74, 6) is 1.95. The molecule has 0 radical (unpaired) electrons. The molecule has 1 aliphatic rings. The van der Waals surface area contributed by atoms with Crippen LogP contribution in [0.4, 0.5) is 4.39 Å². The Labute approximate surface area is 124 Å². The molecule has 4 unspecified atom stereocenters. The topological polar surface area (TPSA) is 12.0 Å². The molecule has 2 rings (SSSR count). The molecule has 0 amide bonds. The SMILES string of the molecule is CNC(c1ccc(Br)cc1F)C1CCC(C)C(C)C1. The predicted molar refractivity (Wildman–Crippen MR) is 81.6 cm³/mol. The molecule has 0 bridgehead atoms. The number of benzene rings is 1. The van der Waals surface area contributed by atoms with Crippen LogP contribution in [0, 0.1) is 23.6 Å². The van der Waals surface area contributed by atoms with Crippen LogP contribution in [0.3, 0.4) is 0 Å². The van der Waals surface area contributed by atoms with Crippen molar-refractivity contribution >= 4 is 15.9 Å². The van der Waals surface area contributed by atoms with Crippen molar-refractivity contribution in [1.82, 2.24) is 5.32 Å². The molecule has 1 fully saturated rings.